The summed E-state index contributed by atoms with van der Waals surface area (Å²) >= 11 is 1.77. The number of imidazole rings is 1. The third kappa shape index (κ3) is 8.85. The summed E-state index contributed by atoms with van der Waals surface area (Å²) in [7, 11) is -1.50. The molecule has 3 heterocycles. The summed E-state index contributed by atoms with van der Waals surface area (Å²) in [6, 6.07) is 49.3. The summed E-state index contributed by atoms with van der Waals surface area (Å²) in [5.41, 5.74) is 12.0. The molecule has 311 valence electrons. The van der Waals surface area contributed by atoms with Gasteiger partial charge in [-0.15, -0.1) is 54.1 Å². The van der Waals surface area contributed by atoms with Gasteiger partial charge in [-0.3, -0.25) is 4.98 Å². The quantitative estimate of drug-likeness (QED) is 0.112. The Kier molecular flexibility index (Phi) is 12.7. The fourth-order valence-corrected chi connectivity index (χ4v) is 10.9. The van der Waals surface area contributed by atoms with Gasteiger partial charge in [0, 0.05) is 38.1 Å². The van der Waals surface area contributed by atoms with Gasteiger partial charge in [0.1, 0.15) is 5.82 Å². The van der Waals surface area contributed by atoms with Gasteiger partial charge >= 0.3 is 0 Å². The van der Waals surface area contributed by atoms with Gasteiger partial charge in [0.15, 0.2) is 0 Å². The molecular formula is C54H52FIrN3SSi-2. The first-order chi connectivity index (χ1) is 29.1. The number of fused-ring (bicyclic) bond motifs is 4. The second-order valence-electron chi connectivity index (χ2n) is 17.4. The SMILES string of the molecule is CC(C)c1cccc(C(C)C)c1-n1c(-c2[c-]ccc3c2sc2cc(-c4ccc(F)cc4)ccc23)nc2ccccc21.[2H]C(C)(C)c1cc(-c2[c-]cccc2)ncc1[Si](C)(C)C.[Ir]. The maximum atomic E-state index is 13.6. The molecule has 0 unspecified atom stereocenters. The number of aromatic nitrogens is 3. The number of hydrogen-bond donors (Lipinski definition) is 0. The Labute approximate surface area is 380 Å². The Morgan fingerprint density at radius 1 is 0.705 bits per heavy atom. The van der Waals surface area contributed by atoms with Gasteiger partial charge < -0.3 is 9.55 Å². The van der Waals surface area contributed by atoms with Gasteiger partial charge in [0.2, 0.25) is 0 Å². The van der Waals surface area contributed by atoms with Gasteiger partial charge in [-0.25, -0.2) is 4.39 Å². The van der Waals surface area contributed by atoms with E-state index >= 15 is 0 Å². The molecular weight excluding hydrogens is 962 g/mol. The average molecular weight is 1020 g/mol. The van der Waals surface area contributed by atoms with Crippen LogP contribution in [0, 0.1) is 17.9 Å². The molecule has 0 aliphatic heterocycles. The summed E-state index contributed by atoms with van der Waals surface area (Å²) in [6.45, 7) is 19.8. The van der Waals surface area contributed by atoms with Crippen molar-refractivity contribution in [1.82, 2.24) is 14.5 Å². The molecule has 0 spiro atoms. The van der Waals surface area contributed by atoms with Gasteiger partial charge in [0.05, 0.1) is 24.9 Å². The molecule has 9 aromatic rings. The molecule has 0 bridgehead atoms. The number of nitrogens with zero attached hydrogens (tertiary/aromatic N) is 3. The summed E-state index contributed by atoms with van der Waals surface area (Å²) in [5, 5.41) is 3.68. The van der Waals surface area contributed by atoms with Crippen LogP contribution in [0.4, 0.5) is 4.39 Å². The van der Waals surface area contributed by atoms with Crippen LogP contribution in [0.1, 0.15) is 77.3 Å². The number of para-hydroxylation sites is 3. The van der Waals surface area contributed by atoms with Gasteiger partial charge in [0.25, 0.3) is 0 Å². The number of pyridine rings is 1. The van der Waals surface area contributed by atoms with Crippen LogP contribution in [0.15, 0.2) is 134 Å². The van der Waals surface area contributed by atoms with Crippen LogP contribution in [0.3, 0.4) is 0 Å². The number of rotatable bonds is 8. The van der Waals surface area contributed by atoms with Crippen LogP contribution in [0.2, 0.25) is 19.6 Å². The van der Waals surface area contributed by atoms with E-state index in [1.807, 2.05) is 62.5 Å². The van der Waals surface area contributed by atoms with Crippen LogP contribution < -0.4 is 5.19 Å². The van der Waals surface area contributed by atoms with E-state index in [2.05, 4.69) is 142 Å². The zero-order chi connectivity index (χ0) is 43.2. The zero-order valence-corrected chi connectivity index (χ0v) is 40.5. The fraction of sp³-hybridized carbons (Fsp3) is 0.222. The molecule has 0 fully saturated rings. The van der Waals surface area contributed by atoms with Crippen LogP contribution in [0.5, 0.6) is 0 Å². The van der Waals surface area contributed by atoms with Crippen LogP contribution >= 0.6 is 11.3 Å². The molecule has 1 radical (unpaired) electrons. The molecule has 3 aromatic heterocycles. The van der Waals surface area contributed by atoms with Crippen molar-refractivity contribution in [2.45, 2.75) is 78.9 Å². The van der Waals surface area contributed by atoms with Crippen molar-refractivity contribution in [3.8, 4) is 39.5 Å². The van der Waals surface area contributed by atoms with E-state index in [0.717, 1.165) is 50.4 Å². The number of hydrogen-bond acceptors (Lipinski definition) is 3. The molecule has 9 rings (SSSR count). The van der Waals surface area contributed by atoms with Gasteiger partial charge in [-0.2, -0.15) is 11.3 Å². The second kappa shape index (κ2) is 18.1. The Morgan fingerprint density at radius 2 is 1.39 bits per heavy atom. The van der Waals surface area contributed by atoms with Gasteiger partial charge in [-0.05, 0) is 91.3 Å². The third-order valence-corrected chi connectivity index (χ3v) is 14.4. The number of halogens is 1. The Hall–Kier alpha value is -5.04. The molecule has 6 aromatic carbocycles. The van der Waals surface area contributed by atoms with Gasteiger partial charge in [-0.1, -0.05) is 138 Å². The van der Waals surface area contributed by atoms with Crippen molar-refractivity contribution in [2.24, 2.45) is 0 Å². The van der Waals surface area contributed by atoms with E-state index in [1.54, 1.807) is 11.3 Å². The van der Waals surface area contributed by atoms with Crippen LogP contribution in [0.25, 0.3) is 70.7 Å². The van der Waals surface area contributed by atoms with Crippen molar-refractivity contribution in [3.63, 3.8) is 0 Å². The fourth-order valence-electron chi connectivity index (χ4n) is 8.09. The molecule has 0 saturated heterocycles. The maximum Gasteiger partial charge on any atom is 0.123 e. The third-order valence-electron chi connectivity index (χ3n) is 11.2. The Bertz CT molecular complexity index is 2990. The number of thiophene rings is 1. The van der Waals surface area contributed by atoms with E-state index in [0.29, 0.717) is 11.8 Å². The monoisotopic (exact) mass is 1020 g/mol. The topological polar surface area (TPSA) is 30.7 Å². The minimum Gasteiger partial charge on any atom is -0.333 e. The molecule has 0 aliphatic rings. The minimum atomic E-state index is -1.50. The standard InChI is InChI=1S/C37H30FN2S.C17H22NSi.Ir/c1-22(2)27-9-7-10-28(23(3)4)35(27)40-33-14-6-5-13-32(33)39-37(40)31-12-8-11-30-29-20-17-25(21-34(29)41-36(30)31)24-15-18-26(38)19-16-24;1-13(2)15-11-16(14-9-7-6-8-10-14)18-12-17(15)19(3,4)5;/h5-11,13-23H,1-4H3;6-9,11-13H,1-5H3;/q2*-1;/i;13D;. The van der Waals surface area contributed by atoms with E-state index < -0.39 is 14.0 Å². The normalized spacial score (nSPS) is 12.2. The largest absolute Gasteiger partial charge is 0.333 e. The number of benzene rings is 6. The average Bonchev–Trinajstić information content (AvgIpc) is 3.81. The van der Waals surface area contributed by atoms with Crippen molar-refractivity contribution < 1.29 is 25.9 Å². The molecule has 0 amide bonds. The van der Waals surface area contributed by atoms with E-state index in [1.165, 1.54) is 54.3 Å². The molecule has 0 aliphatic carbocycles. The van der Waals surface area contributed by atoms with E-state index in [9.17, 15) is 4.39 Å². The van der Waals surface area contributed by atoms with E-state index in [-0.39, 0.29) is 25.9 Å². The summed E-state index contributed by atoms with van der Waals surface area (Å²) < 4.78 is 26.7. The zero-order valence-electron chi connectivity index (χ0n) is 37.3. The predicted molar refractivity (Wildman–Crippen MR) is 257 cm³/mol. The summed E-state index contributed by atoms with van der Waals surface area (Å²) in [6.07, 6.45) is 1.98. The smallest absolute Gasteiger partial charge is 0.123 e. The molecule has 3 nitrogen and oxygen atoms in total. The van der Waals surface area contributed by atoms with E-state index in [4.69, 9.17) is 6.35 Å². The first-order valence-electron chi connectivity index (χ1n) is 21.3. The molecule has 0 atom stereocenters. The summed E-state index contributed by atoms with van der Waals surface area (Å²) in [4.78, 5) is 9.87. The Morgan fingerprint density at radius 3 is 2.05 bits per heavy atom. The van der Waals surface area contributed by atoms with Crippen molar-refractivity contribution in [2.75, 3.05) is 0 Å². The van der Waals surface area contributed by atoms with Crippen LogP contribution in [-0.2, 0) is 20.1 Å². The van der Waals surface area contributed by atoms with Crippen molar-refractivity contribution >= 4 is 55.8 Å². The molecule has 0 saturated carbocycles. The van der Waals surface area contributed by atoms with Crippen molar-refractivity contribution in [3.05, 3.63) is 168 Å². The molecule has 0 N–H and O–H groups in total. The first-order valence-corrected chi connectivity index (χ1v) is 25.1. The minimum absolute atomic E-state index is 0. The van der Waals surface area contributed by atoms with Crippen molar-refractivity contribution in [1.29, 1.82) is 0 Å². The molecule has 61 heavy (non-hydrogen) atoms. The van der Waals surface area contributed by atoms with Crippen LogP contribution in [-0.4, -0.2) is 22.6 Å². The first kappa shape index (κ1) is 42.6. The molecule has 7 heteroatoms. The summed E-state index contributed by atoms with van der Waals surface area (Å²) in [5.74, 6) is 0.789. The Balaban J connectivity index is 0.000000233. The predicted octanol–water partition coefficient (Wildman–Crippen LogP) is 15.1. The second-order valence-corrected chi connectivity index (χ2v) is 23.5. The maximum absolute atomic E-state index is 13.6.